The molecule has 0 aliphatic rings. The molecule has 0 radical (unpaired) electrons. The molecule has 1 N–H and O–H groups in total. The van der Waals surface area contributed by atoms with Gasteiger partial charge in [-0.05, 0) is 46.9 Å². The number of hydrogen-bond acceptors (Lipinski definition) is 3. The highest BCUT2D eigenvalue weighted by Crippen LogP contribution is 2.14. The number of amides is 1. The lowest BCUT2D eigenvalue weighted by Gasteiger charge is -2.06. The van der Waals surface area contributed by atoms with E-state index in [9.17, 15) is 4.79 Å². The average molecular weight is 352 g/mol. The molecular formula is C12H9IN4O. The maximum Gasteiger partial charge on any atom is 0.256 e. The molecule has 0 saturated heterocycles. The van der Waals surface area contributed by atoms with Crippen LogP contribution >= 0.6 is 22.6 Å². The van der Waals surface area contributed by atoms with Gasteiger partial charge in [-0.15, -0.1) is 0 Å². The Hall–Kier alpha value is -1.88. The first-order valence-electron chi connectivity index (χ1n) is 5.11. The zero-order valence-electron chi connectivity index (χ0n) is 9.51. The normalized spacial score (nSPS) is 9.83. The smallest absolute Gasteiger partial charge is 0.256 e. The minimum atomic E-state index is -0.258. The summed E-state index contributed by atoms with van der Waals surface area (Å²) in [6, 6.07) is 9.16. The quantitative estimate of drug-likeness (QED) is 0.842. The third-order valence-electron chi connectivity index (χ3n) is 2.40. The predicted octanol–water partition coefficient (Wildman–Crippen LogP) is 2.15. The minimum Gasteiger partial charge on any atom is -0.306 e. The Morgan fingerprint density at radius 2 is 2.11 bits per heavy atom. The first-order valence-corrected chi connectivity index (χ1v) is 6.18. The summed E-state index contributed by atoms with van der Waals surface area (Å²) >= 11 is 2.17. The summed E-state index contributed by atoms with van der Waals surface area (Å²) in [6.07, 6.45) is 1.42. The summed E-state index contributed by atoms with van der Waals surface area (Å²) in [5, 5.41) is 15.5. The number of nitriles is 1. The molecule has 5 nitrogen and oxygen atoms in total. The number of halogens is 1. The van der Waals surface area contributed by atoms with Crippen LogP contribution in [-0.4, -0.2) is 15.7 Å². The van der Waals surface area contributed by atoms with Crippen molar-refractivity contribution >= 4 is 34.3 Å². The zero-order valence-corrected chi connectivity index (χ0v) is 11.7. The van der Waals surface area contributed by atoms with Crippen LogP contribution in [0.15, 0.2) is 30.5 Å². The minimum absolute atomic E-state index is 0.258. The highest BCUT2D eigenvalue weighted by Gasteiger charge is 2.12. The second-order valence-corrected chi connectivity index (χ2v) is 4.85. The van der Waals surface area contributed by atoms with Gasteiger partial charge in [-0.3, -0.25) is 9.48 Å². The second kappa shape index (κ2) is 5.18. The fourth-order valence-electron chi connectivity index (χ4n) is 1.45. The molecule has 18 heavy (non-hydrogen) atoms. The largest absolute Gasteiger partial charge is 0.306 e. The molecule has 0 aliphatic carbocycles. The van der Waals surface area contributed by atoms with E-state index in [0.717, 1.165) is 3.57 Å². The van der Waals surface area contributed by atoms with Crippen LogP contribution < -0.4 is 5.32 Å². The van der Waals surface area contributed by atoms with Gasteiger partial charge in [0.05, 0.1) is 6.20 Å². The third-order valence-corrected chi connectivity index (χ3v) is 3.12. The molecule has 0 spiro atoms. The molecule has 2 aromatic rings. The predicted molar refractivity (Wildman–Crippen MR) is 75.0 cm³/mol. The molecule has 0 atom stereocenters. The first kappa shape index (κ1) is 12.6. The van der Waals surface area contributed by atoms with Gasteiger partial charge < -0.3 is 5.32 Å². The van der Waals surface area contributed by atoms with Crippen molar-refractivity contribution in [3.8, 4) is 6.07 Å². The molecule has 0 fully saturated rings. The van der Waals surface area contributed by atoms with Gasteiger partial charge in [-0.2, -0.15) is 10.4 Å². The Balaban J connectivity index is 2.24. The van der Waals surface area contributed by atoms with Gasteiger partial charge in [-0.25, -0.2) is 0 Å². The van der Waals surface area contributed by atoms with E-state index in [1.54, 1.807) is 19.2 Å². The van der Waals surface area contributed by atoms with Crippen molar-refractivity contribution < 1.29 is 4.79 Å². The fourth-order valence-corrected chi connectivity index (χ4v) is 1.81. The van der Waals surface area contributed by atoms with Crippen LogP contribution in [0.4, 0.5) is 5.82 Å². The van der Waals surface area contributed by atoms with E-state index in [-0.39, 0.29) is 5.91 Å². The monoisotopic (exact) mass is 352 g/mol. The lowest BCUT2D eigenvalue weighted by molar-refractivity contribution is 0.102. The molecule has 90 valence electrons. The van der Waals surface area contributed by atoms with E-state index in [1.807, 2.05) is 18.2 Å². The fraction of sp³-hybridized carbons (Fsp3) is 0.0833. The maximum absolute atomic E-state index is 12.0. The molecule has 0 bridgehead atoms. The van der Waals surface area contributed by atoms with Gasteiger partial charge in [0, 0.05) is 16.2 Å². The number of aryl methyl sites for hydroxylation is 1. The van der Waals surface area contributed by atoms with E-state index >= 15 is 0 Å². The molecule has 0 aliphatic heterocycles. The number of carbonyl (C=O) groups is 1. The standard InChI is InChI=1S/C12H9IN4O/c1-17-11(9(6-14)7-15-17)16-12(18)8-2-4-10(13)5-3-8/h2-5,7H,1H3,(H,16,18). The van der Waals surface area contributed by atoms with Crippen LogP contribution in [0, 0.1) is 14.9 Å². The van der Waals surface area contributed by atoms with Crippen molar-refractivity contribution in [3.05, 3.63) is 45.2 Å². The van der Waals surface area contributed by atoms with Gasteiger partial charge in [0.1, 0.15) is 17.5 Å². The Labute approximate surface area is 118 Å². The average Bonchev–Trinajstić information content (AvgIpc) is 2.71. The summed E-state index contributed by atoms with van der Waals surface area (Å²) in [7, 11) is 1.67. The van der Waals surface area contributed by atoms with Crippen LogP contribution in [0.25, 0.3) is 0 Å². The highest BCUT2D eigenvalue weighted by molar-refractivity contribution is 14.1. The molecule has 0 unspecified atom stereocenters. The number of benzene rings is 1. The summed E-state index contributed by atoms with van der Waals surface area (Å²) in [5.41, 5.74) is 0.886. The number of rotatable bonds is 2. The SMILES string of the molecule is Cn1ncc(C#N)c1NC(=O)c1ccc(I)cc1. The lowest BCUT2D eigenvalue weighted by Crippen LogP contribution is -2.15. The van der Waals surface area contributed by atoms with Crippen LogP contribution in [-0.2, 0) is 7.05 Å². The van der Waals surface area contributed by atoms with E-state index in [0.29, 0.717) is 16.9 Å². The highest BCUT2D eigenvalue weighted by atomic mass is 127. The second-order valence-electron chi connectivity index (χ2n) is 3.60. The number of carbonyl (C=O) groups excluding carboxylic acids is 1. The third kappa shape index (κ3) is 2.51. The van der Waals surface area contributed by atoms with Crippen LogP contribution in [0.5, 0.6) is 0 Å². The molecule has 6 heteroatoms. The molecule has 2 rings (SSSR count). The number of nitrogens with zero attached hydrogens (tertiary/aromatic N) is 3. The van der Waals surface area contributed by atoms with Gasteiger partial charge in [0.25, 0.3) is 5.91 Å². The molecule has 0 saturated carbocycles. The van der Waals surface area contributed by atoms with Gasteiger partial charge in [0.15, 0.2) is 0 Å². The number of hydrogen-bond donors (Lipinski definition) is 1. The molecular weight excluding hydrogens is 343 g/mol. The van der Waals surface area contributed by atoms with Crippen molar-refractivity contribution in [2.75, 3.05) is 5.32 Å². The molecule has 1 aromatic carbocycles. The lowest BCUT2D eigenvalue weighted by atomic mass is 10.2. The molecule has 1 heterocycles. The first-order chi connectivity index (χ1) is 8.61. The molecule has 1 amide bonds. The van der Waals surface area contributed by atoms with E-state index in [1.165, 1.54) is 10.9 Å². The Morgan fingerprint density at radius 1 is 1.44 bits per heavy atom. The summed E-state index contributed by atoms with van der Waals surface area (Å²) < 4.78 is 2.52. The van der Waals surface area contributed by atoms with E-state index < -0.39 is 0 Å². The van der Waals surface area contributed by atoms with Crippen molar-refractivity contribution in [1.82, 2.24) is 9.78 Å². The van der Waals surface area contributed by atoms with Crippen molar-refractivity contribution in [2.45, 2.75) is 0 Å². The molecule has 1 aromatic heterocycles. The zero-order chi connectivity index (χ0) is 13.1. The van der Waals surface area contributed by atoms with Crippen molar-refractivity contribution in [2.24, 2.45) is 7.05 Å². The Morgan fingerprint density at radius 3 is 2.72 bits per heavy atom. The number of anilines is 1. The summed E-state index contributed by atoms with van der Waals surface area (Å²) in [6.45, 7) is 0. The Kier molecular flexibility index (Phi) is 3.62. The van der Waals surface area contributed by atoms with Crippen LogP contribution in [0.1, 0.15) is 15.9 Å². The van der Waals surface area contributed by atoms with E-state index in [2.05, 4.69) is 33.0 Å². The summed E-state index contributed by atoms with van der Waals surface area (Å²) in [5.74, 6) is 0.146. The Bertz CT molecular complexity index is 625. The number of aromatic nitrogens is 2. The van der Waals surface area contributed by atoms with Crippen molar-refractivity contribution in [3.63, 3.8) is 0 Å². The van der Waals surface area contributed by atoms with Gasteiger partial charge in [0.2, 0.25) is 0 Å². The van der Waals surface area contributed by atoms with Crippen LogP contribution in [0.3, 0.4) is 0 Å². The van der Waals surface area contributed by atoms with E-state index in [4.69, 9.17) is 5.26 Å². The number of nitrogens with one attached hydrogen (secondary N) is 1. The van der Waals surface area contributed by atoms with Gasteiger partial charge >= 0.3 is 0 Å². The van der Waals surface area contributed by atoms with Crippen molar-refractivity contribution in [1.29, 1.82) is 5.26 Å². The maximum atomic E-state index is 12.0. The topological polar surface area (TPSA) is 70.7 Å². The van der Waals surface area contributed by atoms with Gasteiger partial charge in [-0.1, -0.05) is 0 Å². The summed E-state index contributed by atoms with van der Waals surface area (Å²) in [4.78, 5) is 12.0. The van der Waals surface area contributed by atoms with Crippen LogP contribution in [0.2, 0.25) is 0 Å².